The number of halogens is 1. The van der Waals surface area contributed by atoms with E-state index >= 15 is 0 Å². The Morgan fingerprint density at radius 2 is 2.00 bits per heavy atom. The first-order chi connectivity index (χ1) is 14.2. The summed E-state index contributed by atoms with van der Waals surface area (Å²) in [6, 6.07) is 5.09. The highest BCUT2D eigenvalue weighted by atomic mass is 127. The van der Waals surface area contributed by atoms with Gasteiger partial charge in [-0.05, 0) is 63.6 Å². The molecule has 8 heteroatoms. The first-order valence-corrected chi connectivity index (χ1v) is 12.2. The Labute approximate surface area is 202 Å². The highest BCUT2D eigenvalue weighted by Gasteiger charge is 2.27. The van der Waals surface area contributed by atoms with Gasteiger partial charge in [0.25, 0.3) is 0 Å². The Bertz CT molecular complexity index is 648. The molecule has 1 aromatic heterocycles. The van der Waals surface area contributed by atoms with Crippen molar-refractivity contribution in [3.05, 3.63) is 22.4 Å². The number of aliphatic imine (C=N–C) groups is 1. The lowest BCUT2D eigenvalue weighted by molar-refractivity contribution is -0.129. The molecule has 3 rings (SSSR count). The van der Waals surface area contributed by atoms with Gasteiger partial charge in [0.1, 0.15) is 0 Å². The molecule has 0 saturated carbocycles. The maximum atomic E-state index is 12.1. The molecule has 0 aliphatic carbocycles. The van der Waals surface area contributed by atoms with Gasteiger partial charge in [-0.2, -0.15) is 0 Å². The average molecular weight is 548 g/mol. The third-order valence-corrected chi connectivity index (χ3v) is 6.99. The number of amides is 1. The molecule has 0 bridgehead atoms. The molecule has 2 aliphatic heterocycles. The molecule has 1 aromatic rings. The number of nitrogens with zero attached hydrogens (tertiary/aromatic N) is 3. The lowest BCUT2D eigenvalue weighted by Gasteiger charge is -2.27. The monoisotopic (exact) mass is 547 g/mol. The van der Waals surface area contributed by atoms with Crippen LogP contribution in [0.3, 0.4) is 0 Å². The predicted octanol–water partition coefficient (Wildman–Crippen LogP) is 3.85. The normalized spacial score (nSPS) is 19.6. The molecule has 3 heterocycles. The second-order valence-electron chi connectivity index (χ2n) is 7.96. The molecule has 2 saturated heterocycles. The summed E-state index contributed by atoms with van der Waals surface area (Å²) in [5.41, 5.74) is 0. The van der Waals surface area contributed by atoms with Gasteiger partial charge >= 0.3 is 0 Å². The molecule has 1 amide bonds. The van der Waals surface area contributed by atoms with Crippen LogP contribution >= 0.6 is 35.3 Å². The van der Waals surface area contributed by atoms with Gasteiger partial charge in [0.15, 0.2) is 5.96 Å². The van der Waals surface area contributed by atoms with Crippen molar-refractivity contribution in [1.29, 1.82) is 0 Å². The Kier molecular flexibility index (Phi) is 11.4. The van der Waals surface area contributed by atoms with Crippen molar-refractivity contribution in [1.82, 2.24) is 20.4 Å². The minimum Gasteiger partial charge on any atom is -0.357 e. The van der Waals surface area contributed by atoms with E-state index in [1.807, 2.05) is 11.3 Å². The lowest BCUT2D eigenvalue weighted by atomic mass is 10.1. The van der Waals surface area contributed by atoms with E-state index < -0.39 is 0 Å². The van der Waals surface area contributed by atoms with Crippen molar-refractivity contribution in [2.45, 2.75) is 64.5 Å². The number of guanidine groups is 1. The minimum atomic E-state index is 0. The van der Waals surface area contributed by atoms with Crippen LogP contribution in [0.1, 0.15) is 63.3 Å². The smallest absolute Gasteiger partial charge is 0.222 e. The van der Waals surface area contributed by atoms with E-state index in [1.165, 1.54) is 30.8 Å². The maximum absolute atomic E-state index is 12.1. The topological polar surface area (TPSA) is 60.0 Å². The van der Waals surface area contributed by atoms with Gasteiger partial charge in [-0.25, -0.2) is 0 Å². The molecule has 2 N–H and O–H groups in total. The first kappa shape index (κ1) is 25.4. The van der Waals surface area contributed by atoms with Gasteiger partial charge < -0.3 is 15.5 Å². The zero-order valence-electron chi connectivity index (χ0n) is 18.4. The summed E-state index contributed by atoms with van der Waals surface area (Å²) in [5, 5.41) is 9.05. The van der Waals surface area contributed by atoms with Crippen LogP contribution < -0.4 is 10.6 Å². The molecule has 170 valence electrons. The number of hydrogen-bond acceptors (Lipinski definition) is 4. The Balaban J connectivity index is 0.00000320. The van der Waals surface area contributed by atoms with Crippen LogP contribution in [0.25, 0.3) is 0 Å². The highest BCUT2D eigenvalue weighted by molar-refractivity contribution is 14.0. The SMILES string of the molecule is CCNC(=NCC(c1cccs1)N1CCCC1)NCCC(CC)N1CCCC1=O.I. The molecule has 2 fully saturated rings. The first-order valence-electron chi connectivity index (χ1n) is 11.3. The highest BCUT2D eigenvalue weighted by Crippen LogP contribution is 2.28. The summed E-state index contributed by atoms with van der Waals surface area (Å²) in [4.78, 5) is 23.0. The lowest BCUT2D eigenvalue weighted by Crippen LogP contribution is -2.42. The van der Waals surface area contributed by atoms with Gasteiger partial charge in [0.2, 0.25) is 5.91 Å². The van der Waals surface area contributed by atoms with Crippen LogP contribution in [0.2, 0.25) is 0 Å². The number of carbonyl (C=O) groups is 1. The Morgan fingerprint density at radius 1 is 1.20 bits per heavy atom. The second kappa shape index (κ2) is 13.5. The number of carbonyl (C=O) groups excluding carboxylic acids is 1. The van der Waals surface area contributed by atoms with Crippen molar-refractivity contribution >= 4 is 47.2 Å². The van der Waals surface area contributed by atoms with Crippen molar-refractivity contribution in [3.63, 3.8) is 0 Å². The quantitative estimate of drug-likeness (QED) is 0.266. The summed E-state index contributed by atoms with van der Waals surface area (Å²) < 4.78 is 0. The second-order valence-corrected chi connectivity index (χ2v) is 8.94. The maximum Gasteiger partial charge on any atom is 0.222 e. The predicted molar refractivity (Wildman–Crippen MR) is 137 cm³/mol. The van der Waals surface area contributed by atoms with E-state index in [0.717, 1.165) is 51.4 Å². The average Bonchev–Trinajstić information content (AvgIpc) is 3.49. The van der Waals surface area contributed by atoms with Gasteiger partial charge in [-0.3, -0.25) is 14.7 Å². The molecular formula is C22H38IN5OS. The molecule has 2 aliphatic rings. The van der Waals surface area contributed by atoms with Gasteiger partial charge in [-0.1, -0.05) is 13.0 Å². The van der Waals surface area contributed by atoms with Crippen molar-refractivity contribution < 1.29 is 4.79 Å². The van der Waals surface area contributed by atoms with Gasteiger partial charge in [-0.15, -0.1) is 35.3 Å². The standard InChI is InChI=1S/C22H37N5OS.HI/c1-3-18(27-15-7-10-21(27)28)11-12-24-22(23-4-2)25-17-19(20-9-8-16-29-20)26-13-5-6-14-26;/h8-9,16,18-19H,3-7,10-15,17H2,1-2H3,(H2,23,24,25);1H. The summed E-state index contributed by atoms with van der Waals surface area (Å²) in [6.45, 7) is 10.0. The molecule has 0 aromatic carbocycles. The zero-order chi connectivity index (χ0) is 20.5. The van der Waals surface area contributed by atoms with Gasteiger partial charge in [0.05, 0.1) is 12.6 Å². The third kappa shape index (κ3) is 7.09. The fraction of sp³-hybridized carbons (Fsp3) is 0.727. The van der Waals surface area contributed by atoms with Crippen molar-refractivity contribution in [2.24, 2.45) is 4.99 Å². The number of nitrogens with one attached hydrogen (secondary N) is 2. The van der Waals surface area contributed by atoms with E-state index in [4.69, 9.17) is 4.99 Å². The molecule has 2 atom stereocenters. The zero-order valence-corrected chi connectivity index (χ0v) is 21.6. The van der Waals surface area contributed by atoms with E-state index in [1.54, 1.807) is 0 Å². The van der Waals surface area contributed by atoms with E-state index in [9.17, 15) is 4.79 Å². The molecule has 30 heavy (non-hydrogen) atoms. The van der Waals surface area contributed by atoms with E-state index in [-0.39, 0.29) is 24.0 Å². The van der Waals surface area contributed by atoms with Crippen LogP contribution in [0.5, 0.6) is 0 Å². The Morgan fingerprint density at radius 3 is 2.60 bits per heavy atom. The molecule has 0 spiro atoms. The largest absolute Gasteiger partial charge is 0.357 e. The number of hydrogen-bond donors (Lipinski definition) is 2. The number of thiophene rings is 1. The fourth-order valence-electron chi connectivity index (χ4n) is 4.43. The Hall–Kier alpha value is -0.870. The summed E-state index contributed by atoms with van der Waals surface area (Å²) in [7, 11) is 0. The molecule has 2 unspecified atom stereocenters. The van der Waals surface area contributed by atoms with Crippen LogP contribution in [0.4, 0.5) is 0 Å². The van der Waals surface area contributed by atoms with E-state index in [0.29, 0.717) is 24.4 Å². The molecule has 6 nitrogen and oxygen atoms in total. The minimum absolute atomic E-state index is 0. The van der Waals surface area contributed by atoms with Crippen LogP contribution in [0.15, 0.2) is 22.5 Å². The summed E-state index contributed by atoms with van der Waals surface area (Å²) in [5.74, 6) is 1.21. The van der Waals surface area contributed by atoms with E-state index in [2.05, 4.69) is 51.8 Å². The summed E-state index contributed by atoms with van der Waals surface area (Å²) >= 11 is 1.83. The van der Waals surface area contributed by atoms with Crippen LogP contribution in [-0.4, -0.2) is 67.0 Å². The van der Waals surface area contributed by atoms with Crippen molar-refractivity contribution in [3.8, 4) is 0 Å². The third-order valence-electron chi connectivity index (χ3n) is 6.01. The van der Waals surface area contributed by atoms with Gasteiger partial charge in [0, 0.05) is 37.0 Å². The number of likely N-dealkylation sites (tertiary alicyclic amines) is 2. The number of rotatable bonds is 10. The summed E-state index contributed by atoms with van der Waals surface area (Å²) in [6.07, 6.45) is 6.28. The molecular weight excluding hydrogens is 509 g/mol. The van der Waals surface area contributed by atoms with Crippen LogP contribution in [0, 0.1) is 0 Å². The fourth-order valence-corrected chi connectivity index (χ4v) is 5.28. The van der Waals surface area contributed by atoms with Crippen molar-refractivity contribution in [2.75, 3.05) is 39.3 Å². The van der Waals surface area contributed by atoms with Crippen LogP contribution in [-0.2, 0) is 4.79 Å². The molecule has 0 radical (unpaired) electrons.